The van der Waals surface area contributed by atoms with Crippen molar-refractivity contribution < 1.29 is 18.8 Å². The highest BCUT2D eigenvalue weighted by Crippen LogP contribution is 2.24. The summed E-state index contributed by atoms with van der Waals surface area (Å²) < 4.78 is 13.5. The van der Waals surface area contributed by atoms with Gasteiger partial charge in [0.2, 0.25) is 5.78 Å². The Morgan fingerprint density at radius 3 is 2.69 bits per heavy atom. The lowest BCUT2D eigenvalue weighted by atomic mass is 10.1. The monoisotopic (exact) mass is 434 g/mol. The highest BCUT2D eigenvalue weighted by atomic mass is 19.1. The van der Waals surface area contributed by atoms with Crippen LogP contribution in [0.1, 0.15) is 32.7 Å². The second kappa shape index (κ2) is 10.5. The molecular formula is C24H23FN4O3. The Morgan fingerprint density at radius 2 is 2.03 bits per heavy atom. The van der Waals surface area contributed by atoms with E-state index in [4.69, 9.17) is 5.26 Å². The number of Topliss-reactive ketones (excluding diaryl/α,β-unsaturated/α-hetero) is 1. The molecule has 0 bridgehead atoms. The third-order valence-electron chi connectivity index (χ3n) is 5.36. The largest absolute Gasteiger partial charge is 0.359 e. The maximum absolute atomic E-state index is 13.5. The molecule has 4 rings (SSSR count). The van der Waals surface area contributed by atoms with Gasteiger partial charge in [-0.1, -0.05) is 18.2 Å². The van der Waals surface area contributed by atoms with E-state index in [1.165, 1.54) is 12.3 Å². The molecule has 1 aromatic heterocycles. The predicted octanol–water partition coefficient (Wildman–Crippen LogP) is 2.93. The van der Waals surface area contributed by atoms with Crippen LogP contribution in [0.2, 0.25) is 0 Å². The van der Waals surface area contributed by atoms with E-state index >= 15 is 0 Å². The highest BCUT2D eigenvalue weighted by Gasteiger charge is 2.26. The molecule has 2 N–H and O–H groups in total. The van der Waals surface area contributed by atoms with Gasteiger partial charge in [-0.15, -0.1) is 0 Å². The van der Waals surface area contributed by atoms with Crippen LogP contribution in [-0.2, 0) is 4.79 Å². The molecule has 1 unspecified atom stereocenters. The van der Waals surface area contributed by atoms with Gasteiger partial charge in [0.25, 0.3) is 5.91 Å². The molecule has 1 aliphatic rings. The Labute approximate surface area is 184 Å². The Morgan fingerprint density at radius 1 is 1.28 bits per heavy atom. The number of fused-ring (bicyclic) bond motifs is 1. The van der Waals surface area contributed by atoms with Crippen molar-refractivity contribution in [2.45, 2.75) is 6.42 Å². The van der Waals surface area contributed by atoms with E-state index in [-0.39, 0.29) is 34.2 Å². The lowest BCUT2D eigenvalue weighted by molar-refractivity contribution is -0.104. The number of H-pyrrole nitrogens is 1. The third kappa shape index (κ3) is 4.90. The lowest BCUT2D eigenvalue weighted by Crippen LogP contribution is -2.30. The van der Waals surface area contributed by atoms with Crippen molar-refractivity contribution in [1.29, 1.82) is 5.26 Å². The topological polar surface area (TPSA) is 106 Å². The number of nitriles is 1. The molecule has 32 heavy (non-hydrogen) atoms. The zero-order valence-corrected chi connectivity index (χ0v) is 17.6. The van der Waals surface area contributed by atoms with Crippen LogP contribution in [0.5, 0.6) is 0 Å². The van der Waals surface area contributed by atoms with Crippen LogP contribution in [0.3, 0.4) is 0 Å². The molecule has 164 valence electrons. The SMILES string of the molecule is CNCC1CCN(C(=O)c2ccccc2)C1.N#Cc1ccc(F)c2c(C(=O)C=O)c[nH]c12. The third-order valence-corrected chi connectivity index (χ3v) is 5.36. The maximum Gasteiger partial charge on any atom is 0.253 e. The van der Waals surface area contributed by atoms with Crippen LogP contribution in [0, 0.1) is 23.1 Å². The summed E-state index contributed by atoms with van der Waals surface area (Å²) in [5, 5.41) is 11.9. The highest BCUT2D eigenvalue weighted by molar-refractivity contribution is 6.36. The summed E-state index contributed by atoms with van der Waals surface area (Å²) in [6.45, 7) is 2.77. The number of amides is 1. The van der Waals surface area contributed by atoms with Gasteiger partial charge >= 0.3 is 0 Å². The number of rotatable bonds is 5. The molecule has 0 spiro atoms. The first-order chi connectivity index (χ1) is 15.5. The van der Waals surface area contributed by atoms with Crippen molar-refractivity contribution in [2.75, 3.05) is 26.7 Å². The molecule has 1 amide bonds. The Bertz CT molecular complexity index is 1170. The van der Waals surface area contributed by atoms with E-state index in [2.05, 4.69) is 10.3 Å². The van der Waals surface area contributed by atoms with E-state index < -0.39 is 11.6 Å². The number of hydrogen-bond acceptors (Lipinski definition) is 5. The number of nitrogens with one attached hydrogen (secondary N) is 2. The molecule has 2 heterocycles. The van der Waals surface area contributed by atoms with Crippen LogP contribution in [-0.4, -0.2) is 54.5 Å². The van der Waals surface area contributed by atoms with Crippen molar-refractivity contribution in [2.24, 2.45) is 5.92 Å². The first kappa shape index (κ1) is 22.8. The molecular weight excluding hydrogens is 411 g/mol. The van der Waals surface area contributed by atoms with Crippen LogP contribution >= 0.6 is 0 Å². The Hall–Kier alpha value is -3.83. The van der Waals surface area contributed by atoms with E-state index in [0.29, 0.717) is 5.92 Å². The van der Waals surface area contributed by atoms with Crippen molar-refractivity contribution in [1.82, 2.24) is 15.2 Å². The van der Waals surface area contributed by atoms with Crippen LogP contribution in [0.4, 0.5) is 4.39 Å². The van der Waals surface area contributed by atoms with Gasteiger partial charge in [0.15, 0.2) is 6.29 Å². The number of ketones is 1. The molecule has 1 aliphatic heterocycles. The molecule has 1 atom stereocenters. The smallest absolute Gasteiger partial charge is 0.253 e. The summed E-state index contributed by atoms with van der Waals surface area (Å²) in [5.41, 5.74) is 1.20. The van der Waals surface area contributed by atoms with E-state index in [1.807, 2.05) is 48.3 Å². The standard InChI is InChI=1S/C13H18N2O.C11H5FN2O2/c1-14-9-11-7-8-15(10-11)13(16)12-5-3-2-4-6-12;12-8-2-1-6(3-13)11-10(8)7(4-14-11)9(16)5-15/h2-6,11,14H,7-10H2,1H3;1-2,4-5,14H. The Kier molecular flexibility index (Phi) is 7.47. The molecule has 3 aromatic rings. The number of hydrogen-bond donors (Lipinski definition) is 2. The number of halogens is 1. The van der Waals surface area contributed by atoms with Gasteiger partial charge in [0.1, 0.15) is 11.9 Å². The molecule has 1 fully saturated rings. The number of nitrogens with zero attached hydrogens (tertiary/aromatic N) is 2. The van der Waals surface area contributed by atoms with Gasteiger partial charge < -0.3 is 15.2 Å². The van der Waals surface area contributed by atoms with Crippen LogP contribution in [0.25, 0.3) is 10.9 Å². The first-order valence-corrected chi connectivity index (χ1v) is 10.2. The summed E-state index contributed by atoms with van der Waals surface area (Å²) in [4.78, 5) is 38.2. The molecule has 8 heteroatoms. The Balaban J connectivity index is 0.000000181. The molecule has 0 radical (unpaired) electrons. The van der Waals surface area contributed by atoms with Gasteiger partial charge in [0.05, 0.1) is 16.6 Å². The predicted molar refractivity (Wildman–Crippen MR) is 118 cm³/mol. The number of aldehydes is 1. The fourth-order valence-corrected chi connectivity index (χ4v) is 3.79. The van der Waals surface area contributed by atoms with Gasteiger partial charge in [-0.05, 0) is 50.2 Å². The number of carbonyl (C=O) groups is 3. The number of carbonyl (C=O) groups excluding carboxylic acids is 3. The normalized spacial score (nSPS) is 15.0. The number of likely N-dealkylation sites (tertiary alicyclic amines) is 1. The van der Waals surface area contributed by atoms with E-state index in [9.17, 15) is 18.8 Å². The van der Waals surface area contributed by atoms with Gasteiger partial charge in [-0.2, -0.15) is 5.26 Å². The minimum absolute atomic E-state index is 0.0175. The number of aromatic nitrogens is 1. The average molecular weight is 434 g/mol. The van der Waals surface area contributed by atoms with Crippen molar-refractivity contribution >= 4 is 28.9 Å². The summed E-state index contributed by atoms with van der Waals surface area (Å²) in [6, 6.07) is 13.8. The van der Waals surface area contributed by atoms with Crippen LogP contribution < -0.4 is 5.32 Å². The zero-order chi connectivity index (χ0) is 23.1. The summed E-state index contributed by atoms with van der Waals surface area (Å²) in [7, 11) is 1.96. The summed E-state index contributed by atoms with van der Waals surface area (Å²) in [6.07, 6.45) is 2.45. The second-order valence-electron chi connectivity index (χ2n) is 7.47. The maximum atomic E-state index is 13.5. The second-order valence-corrected chi connectivity index (χ2v) is 7.47. The van der Waals surface area contributed by atoms with Crippen LogP contribution in [0.15, 0.2) is 48.7 Å². The molecule has 7 nitrogen and oxygen atoms in total. The lowest BCUT2D eigenvalue weighted by Gasteiger charge is -2.16. The van der Waals surface area contributed by atoms with Crippen molar-refractivity contribution in [3.05, 3.63) is 71.2 Å². The van der Waals surface area contributed by atoms with Gasteiger partial charge in [-0.25, -0.2) is 4.39 Å². The fourth-order valence-electron chi connectivity index (χ4n) is 3.79. The minimum Gasteiger partial charge on any atom is -0.359 e. The van der Waals surface area contributed by atoms with Gasteiger partial charge in [-0.3, -0.25) is 14.4 Å². The molecule has 0 aliphatic carbocycles. The summed E-state index contributed by atoms with van der Waals surface area (Å²) >= 11 is 0. The van der Waals surface area contributed by atoms with E-state index in [0.717, 1.165) is 37.7 Å². The van der Waals surface area contributed by atoms with Crippen molar-refractivity contribution in [3.63, 3.8) is 0 Å². The summed E-state index contributed by atoms with van der Waals surface area (Å²) in [5.74, 6) is -0.683. The van der Waals surface area contributed by atoms with Gasteiger partial charge in [0, 0.05) is 30.2 Å². The molecule has 1 saturated heterocycles. The number of benzene rings is 2. The van der Waals surface area contributed by atoms with Crippen molar-refractivity contribution in [3.8, 4) is 6.07 Å². The zero-order valence-electron chi connectivity index (χ0n) is 17.6. The molecule has 2 aromatic carbocycles. The fraction of sp³-hybridized carbons (Fsp3) is 0.250. The molecule has 0 saturated carbocycles. The minimum atomic E-state index is -0.819. The quantitative estimate of drug-likeness (QED) is 0.365. The number of aromatic amines is 1. The average Bonchev–Trinajstić information content (AvgIpc) is 3.48. The first-order valence-electron chi connectivity index (χ1n) is 10.2. The van der Waals surface area contributed by atoms with E-state index in [1.54, 1.807) is 0 Å².